The zero-order chi connectivity index (χ0) is 25.7. The lowest BCUT2D eigenvalue weighted by molar-refractivity contribution is -0.139. The Morgan fingerprint density at radius 1 is 1.11 bits per heavy atom. The Balaban J connectivity index is 1.40. The van der Waals surface area contributed by atoms with Crippen LogP contribution in [-0.2, 0) is 35.4 Å². The van der Waals surface area contributed by atoms with Gasteiger partial charge >= 0.3 is 12.1 Å². The van der Waals surface area contributed by atoms with Crippen LogP contribution in [0.25, 0.3) is 0 Å². The molecule has 36 heavy (non-hydrogen) atoms. The minimum atomic E-state index is -4.39. The summed E-state index contributed by atoms with van der Waals surface area (Å²) in [6, 6.07) is 10.6. The van der Waals surface area contributed by atoms with E-state index in [0.29, 0.717) is 29.9 Å². The second-order valence-corrected chi connectivity index (χ2v) is 9.86. The first-order valence-electron chi connectivity index (χ1n) is 12.6. The maximum atomic E-state index is 13.8. The molecule has 2 aliphatic rings. The first-order chi connectivity index (χ1) is 17.2. The van der Waals surface area contributed by atoms with Crippen molar-refractivity contribution in [2.45, 2.75) is 77.1 Å². The third-order valence-corrected chi connectivity index (χ3v) is 7.26. The molecule has 1 heterocycles. The summed E-state index contributed by atoms with van der Waals surface area (Å²) in [7, 11) is 0. The van der Waals surface area contributed by atoms with E-state index < -0.39 is 17.7 Å². The van der Waals surface area contributed by atoms with Crippen molar-refractivity contribution in [3.63, 3.8) is 0 Å². The molecular formula is C28H33F3N2O3. The predicted octanol–water partition coefficient (Wildman–Crippen LogP) is 6.53. The lowest BCUT2D eigenvalue weighted by Crippen LogP contribution is -2.32. The zero-order valence-corrected chi connectivity index (χ0v) is 20.6. The van der Waals surface area contributed by atoms with Crippen molar-refractivity contribution in [3.8, 4) is 0 Å². The van der Waals surface area contributed by atoms with Crippen LogP contribution in [0.5, 0.6) is 0 Å². The number of aliphatic carboxylic acids is 1. The molecule has 0 atom stereocenters. The fraction of sp³-hybridized carbons (Fsp3) is 0.500. The van der Waals surface area contributed by atoms with Crippen molar-refractivity contribution < 1.29 is 27.9 Å². The van der Waals surface area contributed by atoms with Crippen LogP contribution in [0.15, 0.2) is 41.6 Å². The highest BCUT2D eigenvalue weighted by molar-refractivity contribution is 5.98. The maximum Gasteiger partial charge on any atom is 0.416 e. The van der Waals surface area contributed by atoms with Crippen LogP contribution in [0.2, 0.25) is 0 Å². The van der Waals surface area contributed by atoms with Gasteiger partial charge in [-0.1, -0.05) is 48.7 Å². The highest BCUT2D eigenvalue weighted by Crippen LogP contribution is 2.41. The molecule has 1 saturated carbocycles. The topological polar surface area (TPSA) is 62.1 Å². The van der Waals surface area contributed by atoms with E-state index in [1.165, 1.54) is 17.2 Å². The Kier molecular flexibility index (Phi) is 8.34. The third kappa shape index (κ3) is 6.66. The summed E-state index contributed by atoms with van der Waals surface area (Å²) in [4.78, 5) is 18.4. The summed E-state index contributed by atoms with van der Waals surface area (Å²) in [5.41, 5.74) is 4.22. The van der Waals surface area contributed by atoms with Crippen LogP contribution in [-0.4, -0.2) is 34.8 Å². The number of alkyl halides is 3. The van der Waals surface area contributed by atoms with Crippen LogP contribution in [0.4, 0.5) is 13.2 Å². The molecular weight excluding hydrogens is 469 g/mol. The molecule has 0 radical (unpaired) electrons. The summed E-state index contributed by atoms with van der Waals surface area (Å²) in [5.74, 6) is -0.823. The highest BCUT2D eigenvalue weighted by Gasteiger charge is 2.35. The number of nitrogens with zero attached hydrogens (tertiary/aromatic N) is 2. The van der Waals surface area contributed by atoms with Crippen molar-refractivity contribution in [2.24, 2.45) is 5.16 Å². The average Bonchev–Trinajstić information content (AvgIpc) is 2.87. The lowest BCUT2D eigenvalue weighted by Gasteiger charge is -2.28. The molecule has 4 rings (SSSR count). The largest absolute Gasteiger partial charge is 0.481 e. The van der Waals surface area contributed by atoms with E-state index in [0.717, 1.165) is 50.6 Å². The van der Waals surface area contributed by atoms with Gasteiger partial charge in [-0.05, 0) is 72.1 Å². The maximum absolute atomic E-state index is 13.8. The normalized spacial score (nSPS) is 17.6. The molecule has 1 fully saturated rings. The highest BCUT2D eigenvalue weighted by atomic mass is 19.4. The monoisotopic (exact) mass is 502 g/mol. The van der Waals surface area contributed by atoms with E-state index in [4.69, 9.17) is 9.94 Å². The van der Waals surface area contributed by atoms with Crippen molar-refractivity contribution >= 4 is 11.7 Å². The Hall–Kier alpha value is -2.87. The molecule has 8 heteroatoms. The number of halogens is 3. The summed E-state index contributed by atoms with van der Waals surface area (Å²) < 4.78 is 41.4. The number of carboxylic acid groups (broad SMARTS) is 1. The van der Waals surface area contributed by atoms with E-state index >= 15 is 0 Å². The van der Waals surface area contributed by atoms with E-state index in [1.54, 1.807) is 12.1 Å². The summed E-state index contributed by atoms with van der Waals surface area (Å²) in [5, 5.41) is 13.1. The second-order valence-electron chi connectivity index (χ2n) is 9.86. The van der Waals surface area contributed by atoms with Gasteiger partial charge in [0.25, 0.3) is 0 Å². The lowest BCUT2D eigenvalue weighted by atomic mass is 9.81. The Labute approximate surface area is 209 Å². The predicted molar refractivity (Wildman–Crippen MR) is 132 cm³/mol. The number of hydrogen-bond donors (Lipinski definition) is 1. The Morgan fingerprint density at radius 2 is 1.89 bits per heavy atom. The molecule has 194 valence electrons. The first kappa shape index (κ1) is 26.2. The number of benzene rings is 2. The number of carbonyl (C=O) groups is 1. The fourth-order valence-corrected chi connectivity index (χ4v) is 5.25. The van der Waals surface area contributed by atoms with E-state index in [2.05, 4.69) is 16.1 Å². The van der Waals surface area contributed by atoms with Gasteiger partial charge in [0.1, 0.15) is 6.61 Å². The van der Waals surface area contributed by atoms with Gasteiger partial charge in [-0.15, -0.1) is 0 Å². The molecule has 2 aromatic carbocycles. The fourth-order valence-electron chi connectivity index (χ4n) is 5.25. The molecule has 1 N–H and O–H groups in total. The van der Waals surface area contributed by atoms with Crippen molar-refractivity contribution in [2.75, 3.05) is 13.1 Å². The smallest absolute Gasteiger partial charge is 0.416 e. The number of rotatable bonds is 8. The summed E-state index contributed by atoms with van der Waals surface area (Å²) >= 11 is 0. The van der Waals surface area contributed by atoms with Crippen LogP contribution in [0.1, 0.15) is 84.7 Å². The van der Waals surface area contributed by atoms with Gasteiger partial charge in [0, 0.05) is 19.6 Å². The molecule has 2 aromatic rings. The second kappa shape index (κ2) is 11.5. The van der Waals surface area contributed by atoms with Crippen molar-refractivity contribution in [1.29, 1.82) is 0 Å². The van der Waals surface area contributed by atoms with Crippen molar-refractivity contribution in [3.05, 3.63) is 69.8 Å². The van der Waals surface area contributed by atoms with E-state index in [1.807, 2.05) is 19.1 Å². The summed E-state index contributed by atoms with van der Waals surface area (Å²) in [6.07, 6.45) is 1.23. The van der Waals surface area contributed by atoms with Crippen LogP contribution >= 0.6 is 0 Å². The average molecular weight is 503 g/mol. The molecule has 0 unspecified atom stereocenters. The molecule has 0 bridgehead atoms. The van der Waals surface area contributed by atoms with Crippen LogP contribution < -0.4 is 0 Å². The minimum absolute atomic E-state index is 0.0288. The first-order valence-corrected chi connectivity index (χ1v) is 12.6. The Bertz CT molecular complexity index is 1110. The van der Waals surface area contributed by atoms with Crippen molar-refractivity contribution in [1.82, 2.24) is 4.90 Å². The number of fused-ring (bicyclic) bond motifs is 1. The number of hydrogen-bond acceptors (Lipinski definition) is 4. The van der Waals surface area contributed by atoms with Gasteiger partial charge < -0.3 is 9.94 Å². The van der Waals surface area contributed by atoms with Gasteiger partial charge in [0.15, 0.2) is 0 Å². The minimum Gasteiger partial charge on any atom is -0.481 e. The summed E-state index contributed by atoms with van der Waals surface area (Å²) in [6.45, 7) is 3.83. The van der Waals surface area contributed by atoms with Gasteiger partial charge in [-0.25, -0.2) is 0 Å². The molecule has 0 aromatic heterocycles. The number of oxime groups is 1. The molecule has 1 aliphatic carbocycles. The van der Waals surface area contributed by atoms with Gasteiger partial charge in [0.05, 0.1) is 17.7 Å². The van der Waals surface area contributed by atoms with E-state index in [9.17, 15) is 18.0 Å². The molecule has 0 spiro atoms. The van der Waals surface area contributed by atoms with Gasteiger partial charge in [-0.2, -0.15) is 13.2 Å². The molecule has 0 saturated heterocycles. The molecule has 1 aliphatic heterocycles. The molecule has 0 amide bonds. The third-order valence-electron chi connectivity index (χ3n) is 7.26. The van der Waals surface area contributed by atoms with Gasteiger partial charge in [-0.3, -0.25) is 9.69 Å². The SMILES string of the molecule is C/C(=N/OCc1ccc(C2CCCCC2)c(C(F)(F)F)c1)c1ccc2c(c1)CCN(CCC(=O)O)C2. The number of carboxylic acids is 1. The Morgan fingerprint density at radius 3 is 2.61 bits per heavy atom. The van der Waals surface area contributed by atoms with Gasteiger partial charge in [0.2, 0.25) is 0 Å². The van der Waals surface area contributed by atoms with Crippen LogP contribution in [0.3, 0.4) is 0 Å². The molecule has 5 nitrogen and oxygen atoms in total. The quantitative estimate of drug-likeness (QED) is 0.329. The van der Waals surface area contributed by atoms with E-state index in [-0.39, 0.29) is 18.9 Å². The van der Waals surface area contributed by atoms with Crippen LogP contribution in [0, 0.1) is 0 Å². The zero-order valence-electron chi connectivity index (χ0n) is 20.6. The standard InChI is InChI=1S/C28H33F3N2O3/c1-19(22-8-9-24-17-33(14-12-27(34)35)13-11-23(24)16-22)32-36-18-20-7-10-25(21-5-3-2-4-6-21)26(15-20)28(29,30)31/h7-10,15-16,21H,2-6,11-14,17-18H2,1H3,(H,34,35)/b32-19-.